The average molecular weight is 357 g/mol. The Morgan fingerprint density at radius 1 is 1.00 bits per heavy atom. The third kappa shape index (κ3) is 3.16. The molecular weight excluding hydrogens is 332 g/mol. The summed E-state index contributed by atoms with van der Waals surface area (Å²) in [5, 5.41) is 6.23. The molecule has 2 heterocycles. The molecule has 2 aromatic carbocycles. The molecule has 0 spiro atoms. The molecule has 4 heteroatoms. The Morgan fingerprint density at radius 2 is 1.80 bits per heavy atom. The average Bonchev–Trinajstić information content (AvgIpc) is 3.32. The van der Waals surface area contributed by atoms with Crippen LogP contribution in [0.25, 0.3) is 10.8 Å². The predicted octanol–water partition coefficient (Wildman–Crippen LogP) is 3.72. The van der Waals surface area contributed by atoms with Crippen LogP contribution in [-0.4, -0.2) is 36.0 Å². The van der Waals surface area contributed by atoms with Gasteiger partial charge in [-0.1, -0.05) is 42.5 Å². The first-order valence-corrected chi connectivity index (χ1v) is 9.31. The van der Waals surface area contributed by atoms with Crippen LogP contribution in [-0.2, 0) is 4.79 Å². The Bertz CT molecular complexity index is 792. The minimum Gasteiger partial charge on any atom is -0.341 e. The molecule has 5 rings (SSSR count). The summed E-state index contributed by atoms with van der Waals surface area (Å²) in [6, 6.07) is 16.3. The number of amides is 1. The number of halogens is 1. The van der Waals surface area contributed by atoms with Gasteiger partial charge in [0, 0.05) is 31.1 Å². The molecule has 3 fully saturated rings. The third-order valence-corrected chi connectivity index (χ3v) is 6.14. The fraction of sp³-hybridized carbons (Fsp3) is 0.476. The van der Waals surface area contributed by atoms with E-state index in [4.69, 9.17) is 0 Å². The molecule has 0 aromatic heterocycles. The van der Waals surface area contributed by atoms with Gasteiger partial charge in [0.15, 0.2) is 0 Å². The number of hydrogen-bond acceptors (Lipinski definition) is 2. The van der Waals surface area contributed by atoms with Crippen LogP contribution < -0.4 is 5.32 Å². The monoisotopic (exact) mass is 356 g/mol. The van der Waals surface area contributed by atoms with Crippen molar-refractivity contribution in [3.8, 4) is 0 Å². The predicted molar refractivity (Wildman–Crippen MR) is 103 cm³/mol. The highest BCUT2D eigenvalue weighted by atomic mass is 35.5. The Kier molecular flexibility index (Phi) is 4.47. The molecule has 3 aliphatic rings. The smallest absolute Gasteiger partial charge is 0.226 e. The van der Waals surface area contributed by atoms with E-state index in [1.807, 2.05) is 0 Å². The number of hydrogen-bond donors (Lipinski definition) is 1. The van der Waals surface area contributed by atoms with E-state index in [1.165, 1.54) is 29.2 Å². The molecule has 4 atom stereocenters. The molecule has 4 unspecified atom stereocenters. The van der Waals surface area contributed by atoms with E-state index in [0.29, 0.717) is 23.9 Å². The van der Waals surface area contributed by atoms with E-state index < -0.39 is 0 Å². The lowest BCUT2D eigenvalue weighted by Crippen LogP contribution is -2.40. The van der Waals surface area contributed by atoms with Crippen molar-refractivity contribution in [2.24, 2.45) is 5.92 Å². The third-order valence-electron chi connectivity index (χ3n) is 6.14. The number of nitrogens with one attached hydrogen (secondary N) is 1. The first kappa shape index (κ1) is 16.9. The number of fused-ring (bicyclic) bond motifs is 3. The van der Waals surface area contributed by atoms with Crippen molar-refractivity contribution in [1.82, 2.24) is 10.2 Å². The SMILES string of the molecule is Cl.O=C(C1CC1c1ccc2ccccc2c1)N1CCC2CCC(C1)N2. The molecule has 0 radical (unpaired) electrons. The van der Waals surface area contributed by atoms with Gasteiger partial charge >= 0.3 is 0 Å². The van der Waals surface area contributed by atoms with Gasteiger partial charge in [0.2, 0.25) is 5.91 Å². The van der Waals surface area contributed by atoms with Crippen LogP contribution in [0.2, 0.25) is 0 Å². The van der Waals surface area contributed by atoms with Gasteiger partial charge in [-0.25, -0.2) is 0 Å². The van der Waals surface area contributed by atoms with Gasteiger partial charge in [0.25, 0.3) is 0 Å². The van der Waals surface area contributed by atoms with Gasteiger partial charge in [-0.15, -0.1) is 12.4 Å². The normalized spacial score (nSPS) is 30.6. The van der Waals surface area contributed by atoms with E-state index in [0.717, 1.165) is 25.9 Å². The van der Waals surface area contributed by atoms with Gasteiger partial charge in [-0.2, -0.15) is 0 Å². The second-order valence-electron chi connectivity index (χ2n) is 7.77. The molecular formula is C21H25ClN2O. The number of carbonyl (C=O) groups is 1. The summed E-state index contributed by atoms with van der Waals surface area (Å²) >= 11 is 0. The summed E-state index contributed by atoms with van der Waals surface area (Å²) in [5.74, 6) is 1.03. The highest BCUT2D eigenvalue weighted by Gasteiger charge is 2.46. The van der Waals surface area contributed by atoms with E-state index in [1.54, 1.807) is 0 Å². The van der Waals surface area contributed by atoms with Crippen molar-refractivity contribution in [3.63, 3.8) is 0 Å². The maximum absolute atomic E-state index is 12.9. The molecule has 2 bridgehead atoms. The van der Waals surface area contributed by atoms with Crippen molar-refractivity contribution >= 4 is 29.1 Å². The molecule has 3 nitrogen and oxygen atoms in total. The Balaban J connectivity index is 0.00000157. The number of likely N-dealkylation sites (tertiary alicyclic amines) is 1. The fourth-order valence-electron chi connectivity index (χ4n) is 4.65. The Labute approximate surface area is 155 Å². The number of nitrogens with zero attached hydrogens (tertiary/aromatic N) is 1. The first-order chi connectivity index (χ1) is 11.8. The highest BCUT2D eigenvalue weighted by Crippen LogP contribution is 2.49. The minimum atomic E-state index is 0. The molecule has 1 N–H and O–H groups in total. The molecule has 2 saturated heterocycles. The molecule has 132 valence electrons. The maximum atomic E-state index is 12.9. The van der Waals surface area contributed by atoms with Crippen molar-refractivity contribution in [3.05, 3.63) is 48.0 Å². The summed E-state index contributed by atoms with van der Waals surface area (Å²) in [7, 11) is 0. The maximum Gasteiger partial charge on any atom is 0.226 e. The van der Waals surface area contributed by atoms with E-state index in [-0.39, 0.29) is 18.3 Å². The zero-order valence-corrected chi connectivity index (χ0v) is 15.2. The van der Waals surface area contributed by atoms with Crippen LogP contribution in [0, 0.1) is 5.92 Å². The Hall–Kier alpha value is -1.58. The quantitative estimate of drug-likeness (QED) is 0.889. The largest absolute Gasteiger partial charge is 0.341 e. The van der Waals surface area contributed by atoms with Crippen LogP contribution in [0.1, 0.15) is 37.2 Å². The summed E-state index contributed by atoms with van der Waals surface area (Å²) in [4.78, 5) is 15.1. The highest BCUT2D eigenvalue weighted by molar-refractivity contribution is 5.86. The molecule has 1 amide bonds. The second-order valence-corrected chi connectivity index (χ2v) is 7.77. The summed E-state index contributed by atoms with van der Waals surface area (Å²) in [5.41, 5.74) is 1.33. The molecule has 1 saturated carbocycles. The molecule has 2 aliphatic heterocycles. The molecule has 1 aliphatic carbocycles. The zero-order valence-electron chi connectivity index (χ0n) is 14.4. The van der Waals surface area contributed by atoms with Gasteiger partial charge < -0.3 is 10.2 Å². The van der Waals surface area contributed by atoms with Crippen LogP contribution >= 0.6 is 12.4 Å². The van der Waals surface area contributed by atoms with Gasteiger partial charge in [-0.3, -0.25) is 4.79 Å². The van der Waals surface area contributed by atoms with Gasteiger partial charge in [-0.05, 0) is 47.9 Å². The van der Waals surface area contributed by atoms with Crippen LogP contribution in [0.4, 0.5) is 0 Å². The number of carbonyl (C=O) groups excluding carboxylic acids is 1. The number of rotatable bonds is 2. The number of benzene rings is 2. The van der Waals surface area contributed by atoms with Crippen LogP contribution in [0.5, 0.6) is 0 Å². The zero-order chi connectivity index (χ0) is 16.1. The van der Waals surface area contributed by atoms with Crippen molar-refractivity contribution in [1.29, 1.82) is 0 Å². The summed E-state index contributed by atoms with van der Waals surface area (Å²) < 4.78 is 0. The molecule has 25 heavy (non-hydrogen) atoms. The van der Waals surface area contributed by atoms with E-state index in [9.17, 15) is 4.79 Å². The molecule has 2 aromatic rings. The van der Waals surface area contributed by atoms with Crippen LogP contribution in [0.3, 0.4) is 0 Å². The summed E-state index contributed by atoms with van der Waals surface area (Å²) in [6.45, 7) is 1.85. The second kappa shape index (κ2) is 6.62. The van der Waals surface area contributed by atoms with Crippen LogP contribution in [0.15, 0.2) is 42.5 Å². The van der Waals surface area contributed by atoms with E-state index in [2.05, 4.69) is 52.7 Å². The standard InChI is InChI=1S/C21H24N2O.ClH/c24-21(23-10-9-17-7-8-18(13-23)22-17)20-12-19(20)16-6-5-14-3-1-2-4-15(14)11-16;/h1-6,11,17-20,22H,7-10,12-13H2;1H. The Morgan fingerprint density at radius 3 is 2.68 bits per heavy atom. The summed E-state index contributed by atoms with van der Waals surface area (Å²) in [6.07, 6.45) is 4.66. The van der Waals surface area contributed by atoms with Crippen molar-refractivity contribution in [2.45, 2.75) is 43.7 Å². The van der Waals surface area contributed by atoms with Gasteiger partial charge in [0.05, 0.1) is 0 Å². The van der Waals surface area contributed by atoms with Crippen molar-refractivity contribution < 1.29 is 4.79 Å². The fourth-order valence-corrected chi connectivity index (χ4v) is 4.65. The topological polar surface area (TPSA) is 32.3 Å². The van der Waals surface area contributed by atoms with Gasteiger partial charge in [0.1, 0.15) is 0 Å². The lowest BCUT2D eigenvalue weighted by Gasteiger charge is -2.24. The first-order valence-electron chi connectivity index (χ1n) is 9.31. The lowest BCUT2D eigenvalue weighted by atomic mass is 10.0. The van der Waals surface area contributed by atoms with Crippen molar-refractivity contribution in [2.75, 3.05) is 13.1 Å². The minimum absolute atomic E-state index is 0. The lowest BCUT2D eigenvalue weighted by molar-refractivity contribution is -0.132. The van der Waals surface area contributed by atoms with E-state index >= 15 is 0 Å².